The van der Waals surface area contributed by atoms with Gasteiger partial charge in [0.05, 0.1) is 22.4 Å². The predicted molar refractivity (Wildman–Crippen MR) is 280 cm³/mol. The zero-order valence-electron chi connectivity index (χ0n) is 36.3. The van der Waals surface area contributed by atoms with Gasteiger partial charge in [0.2, 0.25) is 0 Å². The van der Waals surface area contributed by atoms with E-state index >= 15 is 0 Å². The molecular weight excluding hydrogens is 797 g/mol. The van der Waals surface area contributed by atoms with Gasteiger partial charge in [-0.15, -0.1) is 0 Å². The fraction of sp³-hybridized carbons (Fsp3) is 0. The van der Waals surface area contributed by atoms with Gasteiger partial charge in [0.25, 0.3) is 0 Å². The van der Waals surface area contributed by atoms with Crippen molar-refractivity contribution in [2.75, 3.05) is 4.90 Å². The Morgan fingerprint density at radius 1 is 0.258 bits per heavy atom. The van der Waals surface area contributed by atoms with E-state index in [0.717, 1.165) is 56.1 Å². The molecule has 12 aromatic rings. The second kappa shape index (κ2) is 16.8. The first-order chi connectivity index (χ1) is 32.8. The van der Waals surface area contributed by atoms with Gasteiger partial charge < -0.3 is 9.47 Å². The molecule has 2 heteroatoms. The lowest BCUT2D eigenvalue weighted by Crippen LogP contribution is -2.12. The highest BCUT2D eigenvalue weighted by atomic mass is 15.1. The third-order valence-corrected chi connectivity index (χ3v) is 13.0. The summed E-state index contributed by atoms with van der Waals surface area (Å²) in [5.41, 5.74) is 18.5. The molecule has 66 heavy (non-hydrogen) atoms. The minimum atomic E-state index is 1.07. The van der Waals surface area contributed by atoms with Crippen molar-refractivity contribution in [3.8, 4) is 61.3 Å². The van der Waals surface area contributed by atoms with E-state index < -0.39 is 0 Å². The number of para-hydroxylation sites is 3. The molecule has 0 radical (unpaired) electrons. The second-order valence-corrected chi connectivity index (χ2v) is 16.9. The SMILES string of the molecule is c1ccc(-c2ccccc2-c2cccc(N(c3cccc(-c4cccc5ccccc45)c3)c3ccc(-c4ccccc4-n4c5ccccc5c5ccccc54)cc3-c3ccccc3)c2)cc1. The van der Waals surface area contributed by atoms with Crippen LogP contribution in [-0.4, -0.2) is 4.57 Å². The van der Waals surface area contributed by atoms with Gasteiger partial charge in [-0.05, 0) is 110 Å². The highest BCUT2D eigenvalue weighted by Crippen LogP contribution is 2.46. The summed E-state index contributed by atoms with van der Waals surface area (Å²) in [6.07, 6.45) is 0. The summed E-state index contributed by atoms with van der Waals surface area (Å²) in [5.74, 6) is 0. The number of nitrogens with zero attached hydrogens (tertiary/aromatic N) is 2. The van der Waals surface area contributed by atoms with Crippen LogP contribution >= 0.6 is 0 Å². The highest BCUT2D eigenvalue weighted by molar-refractivity contribution is 6.10. The molecule has 11 aromatic carbocycles. The van der Waals surface area contributed by atoms with Crippen molar-refractivity contribution < 1.29 is 0 Å². The largest absolute Gasteiger partial charge is 0.310 e. The van der Waals surface area contributed by atoms with Crippen LogP contribution in [-0.2, 0) is 0 Å². The van der Waals surface area contributed by atoms with Crippen LogP contribution in [0.1, 0.15) is 0 Å². The molecule has 12 rings (SSSR count). The Kier molecular flexibility index (Phi) is 9.89. The summed E-state index contributed by atoms with van der Waals surface area (Å²) >= 11 is 0. The van der Waals surface area contributed by atoms with Crippen LogP contribution < -0.4 is 4.90 Å². The number of hydrogen-bond donors (Lipinski definition) is 0. The molecule has 0 aliphatic carbocycles. The molecule has 0 saturated carbocycles. The first-order valence-corrected chi connectivity index (χ1v) is 22.7. The normalized spacial score (nSPS) is 11.3. The van der Waals surface area contributed by atoms with Crippen LogP contribution in [0.15, 0.2) is 267 Å². The number of anilines is 3. The van der Waals surface area contributed by atoms with Gasteiger partial charge in [-0.25, -0.2) is 0 Å². The van der Waals surface area contributed by atoms with Crippen molar-refractivity contribution in [1.82, 2.24) is 4.57 Å². The Labute approximate surface area is 385 Å². The average Bonchev–Trinajstić information content (AvgIpc) is 3.73. The van der Waals surface area contributed by atoms with Crippen molar-refractivity contribution in [1.29, 1.82) is 0 Å². The summed E-state index contributed by atoms with van der Waals surface area (Å²) in [6, 6.07) is 97.0. The Balaban J connectivity index is 1.08. The highest BCUT2D eigenvalue weighted by Gasteiger charge is 2.22. The minimum absolute atomic E-state index is 1.07. The van der Waals surface area contributed by atoms with E-state index in [2.05, 4.69) is 276 Å². The number of rotatable bonds is 9. The maximum Gasteiger partial charge on any atom is 0.0541 e. The summed E-state index contributed by atoms with van der Waals surface area (Å²) in [7, 11) is 0. The number of aromatic nitrogens is 1. The fourth-order valence-corrected chi connectivity index (χ4v) is 9.98. The molecule has 0 fully saturated rings. The van der Waals surface area contributed by atoms with E-state index in [1.807, 2.05) is 0 Å². The zero-order valence-corrected chi connectivity index (χ0v) is 36.3. The van der Waals surface area contributed by atoms with Crippen molar-refractivity contribution in [3.05, 3.63) is 267 Å². The summed E-state index contributed by atoms with van der Waals surface area (Å²) < 4.78 is 2.43. The predicted octanol–water partition coefficient (Wildman–Crippen LogP) is 17.7. The van der Waals surface area contributed by atoms with Gasteiger partial charge in [0.1, 0.15) is 0 Å². The average molecular weight is 841 g/mol. The maximum absolute atomic E-state index is 2.45. The summed E-state index contributed by atoms with van der Waals surface area (Å²) in [5, 5.41) is 4.96. The third-order valence-electron chi connectivity index (χ3n) is 13.0. The maximum atomic E-state index is 2.45. The lowest BCUT2D eigenvalue weighted by Gasteiger charge is -2.29. The van der Waals surface area contributed by atoms with Crippen molar-refractivity contribution in [2.45, 2.75) is 0 Å². The fourth-order valence-electron chi connectivity index (χ4n) is 9.98. The molecule has 0 unspecified atom stereocenters. The zero-order chi connectivity index (χ0) is 43.8. The quantitative estimate of drug-likeness (QED) is 0.141. The summed E-state index contributed by atoms with van der Waals surface area (Å²) in [6.45, 7) is 0. The molecule has 2 nitrogen and oxygen atoms in total. The van der Waals surface area contributed by atoms with E-state index in [9.17, 15) is 0 Å². The van der Waals surface area contributed by atoms with E-state index in [-0.39, 0.29) is 0 Å². The standard InChI is InChI=1S/C64H44N2/c1-3-20-45(21-4-1)53-31-9-10-32-55(53)48-26-17-28-51(42-48)65(52-29-18-27-49(43-52)56-36-19-25-46-24-7-8-30-54(46)56)64-41-40-50(44-60(64)47-22-5-2-6-23-47)57-33-11-14-37-61(57)66-62-38-15-12-34-58(62)59-35-13-16-39-63(59)66/h1-44H. The third kappa shape index (κ3) is 6.93. The molecule has 0 saturated heterocycles. The van der Waals surface area contributed by atoms with Gasteiger partial charge >= 0.3 is 0 Å². The molecule has 310 valence electrons. The first kappa shape index (κ1) is 38.9. The van der Waals surface area contributed by atoms with Gasteiger partial charge in [-0.3, -0.25) is 0 Å². The number of fused-ring (bicyclic) bond motifs is 4. The number of benzene rings is 11. The Hall–Kier alpha value is -8.72. The van der Waals surface area contributed by atoms with E-state index in [4.69, 9.17) is 0 Å². The van der Waals surface area contributed by atoms with Gasteiger partial charge in [-0.1, -0.05) is 212 Å². The lowest BCUT2D eigenvalue weighted by atomic mass is 9.93. The van der Waals surface area contributed by atoms with Crippen LogP contribution in [0.4, 0.5) is 17.1 Å². The Morgan fingerprint density at radius 2 is 0.697 bits per heavy atom. The lowest BCUT2D eigenvalue weighted by molar-refractivity contribution is 1.18. The van der Waals surface area contributed by atoms with Gasteiger partial charge in [0.15, 0.2) is 0 Å². The topological polar surface area (TPSA) is 8.17 Å². The summed E-state index contributed by atoms with van der Waals surface area (Å²) in [4.78, 5) is 2.45. The molecule has 0 bridgehead atoms. The van der Waals surface area contributed by atoms with Crippen LogP contribution in [0, 0.1) is 0 Å². The monoisotopic (exact) mass is 840 g/mol. The van der Waals surface area contributed by atoms with E-state index in [0.29, 0.717) is 0 Å². The molecule has 0 amide bonds. The molecule has 0 N–H and O–H groups in total. The molecule has 0 aliphatic heterocycles. The Morgan fingerprint density at radius 3 is 1.36 bits per heavy atom. The van der Waals surface area contributed by atoms with E-state index in [1.54, 1.807) is 0 Å². The van der Waals surface area contributed by atoms with Crippen LogP contribution in [0.2, 0.25) is 0 Å². The molecule has 0 spiro atoms. The van der Waals surface area contributed by atoms with Crippen molar-refractivity contribution >= 4 is 49.6 Å². The second-order valence-electron chi connectivity index (χ2n) is 16.9. The van der Waals surface area contributed by atoms with E-state index in [1.165, 1.54) is 54.8 Å². The Bertz CT molecular complexity index is 3650. The van der Waals surface area contributed by atoms with Crippen LogP contribution in [0.25, 0.3) is 93.9 Å². The molecule has 0 aliphatic rings. The van der Waals surface area contributed by atoms with Gasteiger partial charge in [0, 0.05) is 33.3 Å². The molecule has 1 aromatic heterocycles. The van der Waals surface area contributed by atoms with Crippen LogP contribution in [0.5, 0.6) is 0 Å². The minimum Gasteiger partial charge on any atom is -0.310 e. The van der Waals surface area contributed by atoms with Crippen molar-refractivity contribution in [2.24, 2.45) is 0 Å². The molecule has 1 heterocycles. The van der Waals surface area contributed by atoms with Crippen molar-refractivity contribution in [3.63, 3.8) is 0 Å². The number of hydrogen-bond acceptors (Lipinski definition) is 1. The molecule has 0 atom stereocenters. The molecular formula is C64H44N2. The van der Waals surface area contributed by atoms with Gasteiger partial charge in [-0.2, -0.15) is 0 Å². The van der Waals surface area contributed by atoms with Crippen LogP contribution in [0.3, 0.4) is 0 Å². The first-order valence-electron chi connectivity index (χ1n) is 22.7. The smallest absolute Gasteiger partial charge is 0.0541 e.